The summed E-state index contributed by atoms with van der Waals surface area (Å²) in [7, 11) is -2.26. The van der Waals surface area contributed by atoms with Crippen LogP contribution in [0, 0.1) is 0 Å². The van der Waals surface area contributed by atoms with E-state index in [1.165, 1.54) is 20.0 Å². The van der Waals surface area contributed by atoms with Crippen molar-refractivity contribution >= 4 is 27.3 Å². The van der Waals surface area contributed by atoms with Gasteiger partial charge in [-0.1, -0.05) is 6.07 Å². The summed E-state index contributed by atoms with van der Waals surface area (Å²) in [5.74, 6) is -0.446. The summed E-state index contributed by atoms with van der Waals surface area (Å²) in [5, 5.41) is 13.1. The van der Waals surface area contributed by atoms with Gasteiger partial charge >= 0.3 is 0 Å². The molecule has 0 spiro atoms. The number of hydrogen-bond donors (Lipinski definition) is 2. The number of aliphatic hydroxyl groups excluding tert-OH is 1. The minimum Gasteiger partial charge on any atom is -0.392 e. The third-order valence-corrected chi connectivity index (χ3v) is 5.30. The monoisotopic (exact) mass is 292 g/mol. The molecule has 2 N–H and O–H groups in total. The number of thiophene rings is 1. The molecule has 1 rings (SSSR count). The lowest BCUT2D eigenvalue weighted by Gasteiger charge is -2.16. The first-order valence-corrected chi connectivity index (χ1v) is 7.60. The SMILES string of the molecule is C[C@@H](O)CNC(=O)CN(C)S(=O)(=O)c1cccs1. The second kappa shape index (κ2) is 6.28. The minimum atomic E-state index is -3.60. The minimum absolute atomic E-state index is 0.103. The van der Waals surface area contributed by atoms with Crippen molar-refractivity contribution in [2.24, 2.45) is 0 Å². The Bertz CT molecular complexity index is 482. The van der Waals surface area contributed by atoms with E-state index in [1.54, 1.807) is 11.4 Å². The highest BCUT2D eigenvalue weighted by atomic mass is 32.2. The summed E-state index contributed by atoms with van der Waals surface area (Å²) in [6, 6.07) is 3.13. The van der Waals surface area contributed by atoms with Gasteiger partial charge in [0.2, 0.25) is 5.91 Å². The van der Waals surface area contributed by atoms with Crippen molar-refractivity contribution in [3.63, 3.8) is 0 Å². The van der Waals surface area contributed by atoms with Gasteiger partial charge in [0, 0.05) is 13.6 Å². The van der Waals surface area contributed by atoms with E-state index in [0.29, 0.717) is 0 Å². The van der Waals surface area contributed by atoms with Gasteiger partial charge < -0.3 is 10.4 Å². The Morgan fingerprint density at radius 3 is 2.78 bits per heavy atom. The van der Waals surface area contributed by atoms with Gasteiger partial charge in [-0.15, -0.1) is 11.3 Å². The summed E-state index contributed by atoms with van der Waals surface area (Å²) in [4.78, 5) is 11.4. The van der Waals surface area contributed by atoms with Crippen molar-refractivity contribution in [3.05, 3.63) is 17.5 Å². The van der Waals surface area contributed by atoms with E-state index in [9.17, 15) is 13.2 Å². The lowest BCUT2D eigenvalue weighted by atomic mass is 10.4. The molecule has 18 heavy (non-hydrogen) atoms. The average molecular weight is 292 g/mol. The smallest absolute Gasteiger partial charge is 0.252 e. The van der Waals surface area contributed by atoms with Gasteiger partial charge in [-0.2, -0.15) is 4.31 Å². The Balaban J connectivity index is 2.60. The van der Waals surface area contributed by atoms with Gasteiger partial charge in [-0.3, -0.25) is 4.79 Å². The van der Waals surface area contributed by atoms with Crippen molar-refractivity contribution in [1.29, 1.82) is 0 Å². The molecule has 0 aromatic carbocycles. The largest absolute Gasteiger partial charge is 0.392 e. The maximum absolute atomic E-state index is 12.0. The Hall–Kier alpha value is -0.960. The van der Waals surface area contributed by atoms with Crippen LogP contribution in [0.1, 0.15) is 6.92 Å². The average Bonchev–Trinajstić information content (AvgIpc) is 2.80. The quantitative estimate of drug-likeness (QED) is 0.764. The normalized spacial score (nSPS) is 13.6. The molecule has 0 saturated heterocycles. The highest BCUT2D eigenvalue weighted by molar-refractivity contribution is 7.91. The van der Waals surface area contributed by atoms with Crippen LogP contribution in [0.3, 0.4) is 0 Å². The zero-order valence-electron chi connectivity index (χ0n) is 10.2. The van der Waals surface area contributed by atoms with Crippen LogP contribution in [-0.4, -0.2) is 50.0 Å². The maximum atomic E-state index is 12.0. The number of nitrogens with one attached hydrogen (secondary N) is 1. The molecule has 1 aromatic rings. The van der Waals surface area contributed by atoms with Crippen molar-refractivity contribution in [2.75, 3.05) is 20.1 Å². The third-order valence-electron chi connectivity index (χ3n) is 2.12. The van der Waals surface area contributed by atoms with Crippen molar-refractivity contribution in [1.82, 2.24) is 9.62 Å². The molecule has 1 amide bonds. The first-order chi connectivity index (χ1) is 8.34. The summed E-state index contributed by atoms with van der Waals surface area (Å²) < 4.78 is 25.1. The second-order valence-electron chi connectivity index (χ2n) is 3.85. The molecule has 0 aliphatic rings. The highest BCUT2D eigenvalue weighted by Gasteiger charge is 2.23. The van der Waals surface area contributed by atoms with E-state index in [-0.39, 0.29) is 17.3 Å². The predicted molar refractivity (Wildman–Crippen MR) is 68.8 cm³/mol. The standard InChI is InChI=1S/C10H16N2O4S2/c1-8(13)6-11-9(14)7-12(2)18(15,16)10-4-3-5-17-10/h3-5,8,13H,6-7H2,1-2H3,(H,11,14)/t8-/m1/s1. The van der Waals surface area contributed by atoms with Crippen LogP contribution < -0.4 is 5.32 Å². The number of hydrogen-bond acceptors (Lipinski definition) is 5. The van der Waals surface area contributed by atoms with E-state index >= 15 is 0 Å². The lowest BCUT2D eigenvalue weighted by molar-refractivity contribution is -0.121. The second-order valence-corrected chi connectivity index (χ2v) is 7.07. The molecule has 0 aliphatic carbocycles. The Labute approximate surface area is 110 Å². The van der Waals surface area contributed by atoms with Crippen LogP contribution >= 0.6 is 11.3 Å². The summed E-state index contributed by atoms with van der Waals surface area (Å²) in [6.07, 6.45) is -0.659. The molecule has 0 saturated carbocycles. The number of rotatable bonds is 6. The number of aliphatic hydroxyl groups is 1. The molecule has 0 aliphatic heterocycles. The van der Waals surface area contributed by atoms with Crippen LogP contribution in [0.2, 0.25) is 0 Å². The highest BCUT2D eigenvalue weighted by Crippen LogP contribution is 2.19. The molecule has 8 heteroatoms. The summed E-state index contributed by atoms with van der Waals surface area (Å²) in [6.45, 7) is 1.37. The Morgan fingerprint density at radius 2 is 2.28 bits per heavy atom. The van der Waals surface area contributed by atoms with Crippen LogP contribution in [-0.2, 0) is 14.8 Å². The lowest BCUT2D eigenvalue weighted by Crippen LogP contribution is -2.40. The molecule has 1 atom stereocenters. The van der Waals surface area contributed by atoms with Crippen molar-refractivity contribution < 1.29 is 18.3 Å². The molecular formula is C10H16N2O4S2. The van der Waals surface area contributed by atoms with Gasteiger partial charge in [-0.05, 0) is 18.4 Å². The van der Waals surface area contributed by atoms with Crippen molar-refractivity contribution in [2.45, 2.75) is 17.2 Å². The molecule has 0 radical (unpaired) electrons. The van der Waals surface area contributed by atoms with Gasteiger partial charge in [-0.25, -0.2) is 8.42 Å². The summed E-state index contributed by atoms with van der Waals surface area (Å²) in [5.41, 5.74) is 0. The van der Waals surface area contributed by atoms with Gasteiger partial charge in [0.1, 0.15) is 4.21 Å². The molecule has 1 aromatic heterocycles. The number of likely N-dealkylation sites (N-methyl/N-ethyl adjacent to an activating group) is 1. The summed E-state index contributed by atoms with van der Waals surface area (Å²) >= 11 is 1.10. The Morgan fingerprint density at radius 1 is 1.61 bits per heavy atom. The fourth-order valence-electron chi connectivity index (χ4n) is 1.17. The molecule has 1 heterocycles. The predicted octanol–water partition coefficient (Wildman–Crippen LogP) is -0.134. The van der Waals surface area contributed by atoms with E-state index in [1.807, 2.05) is 0 Å². The van der Waals surface area contributed by atoms with Crippen LogP contribution in [0.4, 0.5) is 0 Å². The molecule has 0 bridgehead atoms. The molecule has 6 nitrogen and oxygen atoms in total. The number of carbonyl (C=O) groups is 1. The van der Waals surface area contributed by atoms with Crippen LogP contribution in [0.15, 0.2) is 21.7 Å². The van der Waals surface area contributed by atoms with Crippen molar-refractivity contribution in [3.8, 4) is 0 Å². The fraction of sp³-hybridized carbons (Fsp3) is 0.500. The van der Waals surface area contributed by atoms with Gasteiger partial charge in [0.25, 0.3) is 10.0 Å². The van der Waals surface area contributed by atoms with Crippen LogP contribution in [0.25, 0.3) is 0 Å². The topological polar surface area (TPSA) is 86.7 Å². The zero-order valence-corrected chi connectivity index (χ0v) is 11.8. The van der Waals surface area contributed by atoms with Gasteiger partial charge in [0.05, 0.1) is 12.6 Å². The number of carbonyl (C=O) groups excluding carboxylic acids is 1. The third kappa shape index (κ3) is 4.05. The first kappa shape index (κ1) is 15.1. The number of sulfonamides is 1. The maximum Gasteiger partial charge on any atom is 0.252 e. The number of amides is 1. The zero-order chi connectivity index (χ0) is 13.8. The number of nitrogens with zero attached hydrogens (tertiary/aromatic N) is 1. The molecule has 0 fully saturated rings. The van der Waals surface area contributed by atoms with E-state index in [4.69, 9.17) is 5.11 Å². The molecular weight excluding hydrogens is 276 g/mol. The Kier molecular flexibility index (Phi) is 5.27. The first-order valence-electron chi connectivity index (χ1n) is 5.28. The van der Waals surface area contributed by atoms with Crippen LogP contribution in [0.5, 0.6) is 0 Å². The van der Waals surface area contributed by atoms with E-state index in [0.717, 1.165) is 15.6 Å². The van der Waals surface area contributed by atoms with Gasteiger partial charge in [0.15, 0.2) is 0 Å². The molecule has 102 valence electrons. The molecule has 0 unspecified atom stereocenters. The van der Waals surface area contributed by atoms with E-state index < -0.39 is 22.0 Å². The van der Waals surface area contributed by atoms with E-state index in [2.05, 4.69) is 5.32 Å². The fourth-order valence-corrected chi connectivity index (χ4v) is 3.50.